The van der Waals surface area contributed by atoms with Crippen LogP contribution in [0.1, 0.15) is 22.7 Å². The van der Waals surface area contributed by atoms with Crippen LogP contribution in [0.3, 0.4) is 0 Å². The average Bonchev–Trinajstić information content (AvgIpc) is 2.99. The molecule has 0 aromatic heterocycles. The zero-order chi connectivity index (χ0) is 21.4. The van der Waals surface area contributed by atoms with Crippen molar-refractivity contribution < 1.29 is 19.1 Å². The number of anilines is 1. The molecule has 1 atom stereocenters. The molecule has 150 valence electrons. The van der Waals surface area contributed by atoms with Crippen molar-refractivity contribution in [2.24, 2.45) is 0 Å². The number of carbonyl (C=O) groups excluding carboxylic acids is 2. The summed E-state index contributed by atoms with van der Waals surface area (Å²) in [6.45, 7) is 1.86. The number of amides is 1. The van der Waals surface area contributed by atoms with Crippen molar-refractivity contribution in [2.45, 2.75) is 13.0 Å². The number of Topliss-reactive ketones (excluding diaryl/α,β-unsaturated/α-hetero) is 1. The molecule has 1 amide bonds. The maximum atomic E-state index is 13.5. The summed E-state index contributed by atoms with van der Waals surface area (Å²) in [6, 6.07) is 18.2. The molecule has 6 heteroatoms. The highest BCUT2D eigenvalue weighted by atomic mass is 35.5. The number of aliphatic hydroxyl groups excluding tert-OH is 1. The van der Waals surface area contributed by atoms with Gasteiger partial charge >= 0.3 is 0 Å². The molecular weight excluding hydrogens is 405 g/mol. The Labute approximate surface area is 177 Å². The zero-order valence-corrected chi connectivity index (χ0v) is 16.7. The van der Waals surface area contributed by atoms with Gasteiger partial charge in [0.15, 0.2) is 0 Å². The smallest absolute Gasteiger partial charge is 0.300 e. The van der Waals surface area contributed by atoms with Crippen molar-refractivity contribution in [3.05, 3.63) is 106 Å². The lowest BCUT2D eigenvalue weighted by Crippen LogP contribution is -2.29. The topological polar surface area (TPSA) is 57.6 Å². The number of aliphatic hydroxyl groups is 1. The van der Waals surface area contributed by atoms with E-state index in [4.69, 9.17) is 11.6 Å². The fourth-order valence-corrected chi connectivity index (χ4v) is 3.87. The number of hydrogen-bond donors (Lipinski definition) is 1. The van der Waals surface area contributed by atoms with E-state index in [1.165, 1.54) is 35.2 Å². The van der Waals surface area contributed by atoms with Gasteiger partial charge in [-0.1, -0.05) is 48.0 Å². The maximum Gasteiger partial charge on any atom is 0.300 e. The number of ketones is 1. The quantitative estimate of drug-likeness (QED) is 0.349. The molecule has 1 unspecified atom stereocenters. The fraction of sp³-hybridized carbons (Fsp3) is 0.0833. The summed E-state index contributed by atoms with van der Waals surface area (Å²) in [5, 5.41) is 11.4. The molecule has 3 aromatic carbocycles. The first-order chi connectivity index (χ1) is 14.4. The van der Waals surface area contributed by atoms with Crippen LogP contribution in [0.25, 0.3) is 5.76 Å². The standard InChI is InChI=1S/C24H17ClFNO3/c1-14-5-2-3-8-19(14)21-20(22(28)15-6-4-7-16(25)13-15)23(29)24(30)27(21)18-11-9-17(26)10-12-18/h2-13,21,28H,1H3/b22-20+. The van der Waals surface area contributed by atoms with E-state index in [0.29, 0.717) is 21.8 Å². The molecule has 0 spiro atoms. The fourth-order valence-electron chi connectivity index (χ4n) is 3.68. The molecule has 1 N–H and O–H groups in total. The van der Waals surface area contributed by atoms with Gasteiger partial charge in [0.2, 0.25) is 0 Å². The molecule has 4 rings (SSSR count). The summed E-state index contributed by atoms with van der Waals surface area (Å²) < 4.78 is 13.5. The van der Waals surface area contributed by atoms with Crippen LogP contribution in [0.2, 0.25) is 5.02 Å². The third-order valence-corrected chi connectivity index (χ3v) is 5.37. The van der Waals surface area contributed by atoms with Gasteiger partial charge in [-0.05, 0) is 54.4 Å². The van der Waals surface area contributed by atoms with Crippen molar-refractivity contribution in [1.82, 2.24) is 0 Å². The second-order valence-electron chi connectivity index (χ2n) is 7.01. The van der Waals surface area contributed by atoms with Crippen molar-refractivity contribution in [3.8, 4) is 0 Å². The Balaban J connectivity index is 1.98. The van der Waals surface area contributed by atoms with Gasteiger partial charge in [-0.15, -0.1) is 0 Å². The minimum Gasteiger partial charge on any atom is -0.507 e. The number of carbonyl (C=O) groups is 2. The number of nitrogens with zero attached hydrogens (tertiary/aromatic N) is 1. The first kappa shape index (κ1) is 19.9. The van der Waals surface area contributed by atoms with E-state index in [1.807, 2.05) is 19.1 Å². The Morgan fingerprint density at radius 3 is 2.37 bits per heavy atom. The summed E-state index contributed by atoms with van der Waals surface area (Å²) in [5.41, 5.74) is 2.18. The second kappa shape index (κ2) is 7.76. The molecule has 3 aromatic rings. The van der Waals surface area contributed by atoms with E-state index < -0.39 is 23.5 Å². The number of halogens is 2. The van der Waals surface area contributed by atoms with Gasteiger partial charge in [0.1, 0.15) is 11.6 Å². The summed E-state index contributed by atoms with van der Waals surface area (Å²) in [4.78, 5) is 27.3. The Morgan fingerprint density at radius 1 is 1.00 bits per heavy atom. The highest BCUT2D eigenvalue weighted by Crippen LogP contribution is 2.43. The molecule has 0 saturated carbocycles. The van der Waals surface area contributed by atoms with Crippen LogP contribution < -0.4 is 4.90 Å². The lowest BCUT2D eigenvalue weighted by Gasteiger charge is -2.26. The lowest BCUT2D eigenvalue weighted by molar-refractivity contribution is -0.132. The maximum absolute atomic E-state index is 13.5. The molecule has 1 fully saturated rings. The number of rotatable bonds is 3. The number of hydrogen-bond acceptors (Lipinski definition) is 3. The highest BCUT2D eigenvalue weighted by Gasteiger charge is 2.47. The zero-order valence-electron chi connectivity index (χ0n) is 16.0. The Hall–Kier alpha value is -3.44. The first-order valence-electron chi connectivity index (χ1n) is 9.26. The molecule has 0 aliphatic carbocycles. The van der Waals surface area contributed by atoms with Gasteiger partial charge in [-0.3, -0.25) is 14.5 Å². The lowest BCUT2D eigenvalue weighted by atomic mass is 9.92. The van der Waals surface area contributed by atoms with E-state index in [1.54, 1.807) is 30.3 Å². The van der Waals surface area contributed by atoms with Crippen LogP contribution in [0.5, 0.6) is 0 Å². The van der Waals surface area contributed by atoms with Gasteiger partial charge in [0, 0.05) is 16.3 Å². The third-order valence-electron chi connectivity index (χ3n) is 5.13. The van der Waals surface area contributed by atoms with Gasteiger partial charge in [0.05, 0.1) is 11.6 Å². The number of aryl methyl sites for hydroxylation is 1. The van der Waals surface area contributed by atoms with Crippen LogP contribution >= 0.6 is 11.6 Å². The van der Waals surface area contributed by atoms with Crippen LogP contribution in [0, 0.1) is 12.7 Å². The average molecular weight is 422 g/mol. The van der Waals surface area contributed by atoms with E-state index >= 15 is 0 Å². The summed E-state index contributed by atoms with van der Waals surface area (Å²) in [5.74, 6) is -2.38. The molecular formula is C24H17ClFNO3. The minimum absolute atomic E-state index is 0.0408. The molecule has 1 saturated heterocycles. The van der Waals surface area contributed by atoms with Crippen molar-refractivity contribution in [3.63, 3.8) is 0 Å². The molecule has 0 radical (unpaired) electrons. The van der Waals surface area contributed by atoms with Gasteiger partial charge in [0.25, 0.3) is 11.7 Å². The molecule has 1 heterocycles. The molecule has 0 bridgehead atoms. The van der Waals surface area contributed by atoms with Gasteiger partial charge in [-0.25, -0.2) is 4.39 Å². The Kier molecular flexibility index (Phi) is 5.14. The largest absolute Gasteiger partial charge is 0.507 e. The van der Waals surface area contributed by atoms with E-state index in [0.717, 1.165) is 5.56 Å². The van der Waals surface area contributed by atoms with E-state index in [2.05, 4.69) is 0 Å². The number of benzene rings is 3. The monoisotopic (exact) mass is 421 g/mol. The molecule has 1 aliphatic rings. The predicted octanol–water partition coefficient (Wildman–Crippen LogP) is 5.41. The van der Waals surface area contributed by atoms with E-state index in [-0.39, 0.29) is 11.3 Å². The van der Waals surface area contributed by atoms with Crippen LogP contribution in [-0.4, -0.2) is 16.8 Å². The second-order valence-corrected chi connectivity index (χ2v) is 7.45. The predicted molar refractivity (Wildman–Crippen MR) is 114 cm³/mol. The summed E-state index contributed by atoms with van der Waals surface area (Å²) in [7, 11) is 0. The van der Waals surface area contributed by atoms with Crippen molar-refractivity contribution in [2.75, 3.05) is 4.90 Å². The Bertz CT molecular complexity index is 1190. The SMILES string of the molecule is Cc1ccccc1C1/C(=C(\O)c2cccc(Cl)c2)C(=O)C(=O)N1c1ccc(F)cc1. The highest BCUT2D eigenvalue weighted by molar-refractivity contribution is 6.51. The van der Waals surface area contributed by atoms with Crippen molar-refractivity contribution in [1.29, 1.82) is 0 Å². The molecule has 30 heavy (non-hydrogen) atoms. The normalized spacial score (nSPS) is 18.1. The molecule has 4 nitrogen and oxygen atoms in total. The van der Waals surface area contributed by atoms with Crippen LogP contribution in [0.15, 0.2) is 78.4 Å². The van der Waals surface area contributed by atoms with Crippen molar-refractivity contribution >= 4 is 34.7 Å². The van der Waals surface area contributed by atoms with Crippen LogP contribution in [-0.2, 0) is 9.59 Å². The van der Waals surface area contributed by atoms with E-state index in [9.17, 15) is 19.1 Å². The molecule has 1 aliphatic heterocycles. The van der Waals surface area contributed by atoms with Gasteiger partial charge in [-0.2, -0.15) is 0 Å². The first-order valence-corrected chi connectivity index (χ1v) is 9.64. The summed E-state index contributed by atoms with van der Waals surface area (Å²) in [6.07, 6.45) is 0. The summed E-state index contributed by atoms with van der Waals surface area (Å²) >= 11 is 6.05. The minimum atomic E-state index is -0.865. The third kappa shape index (κ3) is 3.37. The van der Waals surface area contributed by atoms with Gasteiger partial charge < -0.3 is 5.11 Å². The Morgan fingerprint density at radius 2 is 1.70 bits per heavy atom. The van der Waals surface area contributed by atoms with Crippen LogP contribution in [0.4, 0.5) is 10.1 Å².